The Balaban J connectivity index is 1.97. The summed E-state index contributed by atoms with van der Waals surface area (Å²) < 4.78 is 1.87. The third-order valence-corrected chi connectivity index (χ3v) is 4.75. The van der Waals surface area contributed by atoms with Gasteiger partial charge in [-0.05, 0) is 25.5 Å². The molecule has 0 bridgehead atoms. The van der Waals surface area contributed by atoms with Crippen LogP contribution in [0.5, 0.6) is 0 Å². The highest BCUT2D eigenvalue weighted by molar-refractivity contribution is 7.99. The van der Waals surface area contributed by atoms with Crippen LogP contribution < -0.4 is 10.9 Å². The number of hydrogen-bond donors (Lipinski definition) is 2. The molecule has 1 aromatic rings. The first-order chi connectivity index (χ1) is 7.77. The molecule has 1 aromatic heterocycles. The molecule has 88 valence electrons. The summed E-state index contributed by atoms with van der Waals surface area (Å²) in [4.78, 5) is 12.3. The predicted molar refractivity (Wildman–Crippen MR) is 65.9 cm³/mol. The second kappa shape index (κ2) is 3.96. The summed E-state index contributed by atoms with van der Waals surface area (Å²) in [6.07, 6.45) is 2.35. The molecule has 0 spiro atoms. The predicted octanol–water partition coefficient (Wildman–Crippen LogP) is 1.41. The van der Waals surface area contributed by atoms with Gasteiger partial charge in [-0.2, -0.15) is 11.8 Å². The first-order valence-corrected chi connectivity index (χ1v) is 7.07. The Morgan fingerprint density at radius 2 is 2.38 bits per heavy atom. The first kappa shape index (κ1) is 10.5. The van der Waals surface area contributed by atoms with Crippen molar-refractivity contribution in [1.82, 2.24) is 15.1 Å². The number of thioether (sulfide) groups is 1. The number of aromatic nitrogens is 2. The molecule has 2 aliphatic rings. The van der Waals surface area contributed by atoms with Crippen LogP contribution in [0.15, 0.2) is 4.79 Å². The van der Waals surface area contributed by atoms with E-state index in [9.17, 15) is 4.79 Å². The number of hydrogen-bond acceptors (Lipinski definition) is 3. The number of rotatable bonds is 1. The molecule has 5 heteroatoms. The Morgan fingerprint density at radius 1 is 1.50 bits per heavy atom. The van der Waals surface area contributed by atoms with Gasteiger partial charge in [-0.15, -0.1) is 0 Å². The standard InChI is InChI=1S/C11H17N3OS/c1-7-10-9(5-12-7)13-14(11(10)15)8-3-2-4-16-6-8/h7-8,12-13H,2-6H2,1H3. The average Bonchev–Trinajstić information content (AvgIpc) is 2.83. The van der Waals surface area contributed by atoms with E-state index in [1.54, 1.807) is 0 Å². The summed E-state index contributed by atoms with van der Waals surface area (Å²) in [7, 11) is 0. The lowest BCUT2D eigenvalue weighted by Crippen LogP contribution is -2.29. The van der Waals surface area contributed by atoms with Crippen molar-refractivity contribution in [2.45, 2.75) is 38.4 Å². The molecule has 0 aliphatic carbocycles. The van der Waals surface area contributed by atoms with Crippen LogP contribution in [0.1, 0.15) is 43.1 Å². The highest BCUT2D eigenvalue weighted by Gasteiger charge is 2.28. The van der Waals surface area contributed by atoms with E-state index in [-0.39, 0.29) is 11.6 Å². The summed E-state index contributed by atoms with van der Waals surface area (Å²) >= 11 is 1.95. The van der Waals surface area contributed by atoms with Crippen molar-refractivity contribution in [2.75, 3.05) is 11.5 Å². The molecule has 16 heavy (non-hydrogen) atoms. The lowest BCUT2D eigenvalue weighted by atomic mass is 10.1. The first-order valence-electron chi connectivity index (χ1n) is 5.92. The maximum absolute atomic E-state index is 12.3. The highest BCUT2D eigenvalue weighted by Crippen LogP contribution is 2.27. The second-order valence-electron chi connectivity index (χ2n) is 4.65. The molecule has 0 saturated carbocycles. The summed E-state index contributed by atoms with van der Waals surface area (Å²) in [5.41, 5.74) is 2.24. The average molecular weight is 239 g/mol. The van der Waals surface area contributed by atoms with E-state index >= 15 is 0 Å². The van der Waals surface area contributed by atoms with E-state index in [1.165, 1.54) is 12.2 Å². The van der Waals surface area contributed by atoms with Gasteiger partial charge in [0.05, 0.1) is 17.3 Å². The zero-order valence-electron chi connectivity index (χ0n) is 9.45. The Bertz CT molecular complexity index is 445. The Morgan fingerprint density at radius 3 is 3.06 bits per heavy atom. The van der Waals surface area contributed by atoms with Gasteiger partial charge in [0, 0.05) is 18.3 Å². The SMILES string of the molecule is CC1NCc2[nH]n(C3CCCSC3)c(=O)c21. The molecule has 2 unspecified atom stereocenters. The molecule has 2 N–H and O–H groups in total. The molecule has 2 atom stereocenters. The van der Waals surface area contributed by atoms with E-state index in [0.717, 1.165) is 30.0 Å². The van der Waals surface area contributed by atoms with Gasteiger partial charge in [-0.25, -0.2) is 4.68 Å². The minimum absolute atomic E-state index is 0.194. The maximum Gasteiger partial charge on any atom is 0.271 e. The molecule has 0 aromatic carbocycles. The lowest BCUT2D eigenvalue weighted by Gasteiger charge is -2.22. The van der Waals surface area contributed by atoms with Crippen molar-refractivity contribution >= 4 is 11.8 Å². The number of nitrogens with zero attached hydrogens (tertiary/aromatic N) is 1. The van der Waals surface area contributed by atoms with Crippen LogP contribution in [0.2, 0.25) is 0 Å². The van der Waals surface area contributed by atoms with Gasteiger partial charge in [0.25, 0.3) is 5.56 Å². The fraction of sp³-hybridized carbons (Fsp3) is 0.727. The highest BCUT2D eigenvalue weighted by atomic mass is 32.2. The van der Waals surface area contributed by atoms with Crippen LogP contribution in [-0.2, 0) is 6.54 Å². The van der Waals surface area contributed by atoms with Crippen molar-refractivity contribution in [3.05, 3.63) is 21.6 Å². The Hall–Kier alpha value is -0.680. The van der Waals surface area contributed by atoms with Gasteiger partial charge in [0.1, 0.15) is 0 Å². The van der Waals surface area contributed by atoms with Crippen molar-refractivity contribution < 1.29 is 0 Å². The molecular formula is C11H17N3OS. The Labute approximate surface area is 98.8 Å². The van der Waals surface area contributed by atoms with Crippen molar-refractivity contribution in [3.8, 4) is 0 Å². The molecule has 0 amide bonds. The minimum atomic E-state index is 0.194. The van der Waals surface area contributed by atoms with E-state index in [4.69, 9.17) is 0 Å². The number of H-pyrrole nitrogens is 1. The Kier molecular flexibility index (Phi) is 2.59. The van der Waals surface area contributed by atoms with Gasteiger partial charge in [-0.3, -0.25) is 9.89 Å². The number of nitrogens with one attached hydrogen (secondary N) is 2. The van der Waals surface area contributed by atoms with Gasteiger partial charge in [0.2, 0.25) is 0 Å². The van der Waals surface area contributed by atoms with Crippen LogP contribution in [0, 0.1) is 0 Å². The van der Waals surface area contributed by atoms with Crippen molar-refractivity contribution in [1.29, 1.82) is 0 Å². The third kappa shape index (κ3) is 1.53. The van der Waals surface area contributed by atoms with E-state index in [0.29, 0.717) is 6.04 Å². The number of aromatic amines is 1. The molecule has 3 heterocycles. The van der Waals surface area contributed by atoms with Crippen LogP contribution in [0.4, 0.5) is 0 Å². The van der Waals surface area contributed by atoms with Gasteiger partial charge in [0.15, 0.2) is 0 Å². The molecule has 0 radical (unpaired) electrons. The van der Waals surface area contributed by atoms with Crippen LogP contribution in [0.3, 0.4) is 0 Å². The number of fused-ring (bicyclic) bond motifs is 1. The van der Waals surface area contributed by atoms with E-state index < -0.39 is 0 Å². The molecule has 4 nitrogen and oxygen atoms in total. The van der Waals surface area contributed by atoms with Gasteiger partial charge in [-0.1, -0.05) is 0 Å². The summed E-state index contributed by atoms with van der Waals surface area (Å²) in [5, 5.41) is 6.58. The topological polar surface area (TPSA) is 49.8 Å². The smallest absolute Gasteiger partial charge is 0.271 e. The summed E-state index contributed by atoms with van der Waals surface area (Å²) in [6.45, 7) is 2.86. The monoisotopic (exact) mass is 239 g/mol. The molecule has 1 fully saturated rings. The van der Waals surface area contributed by atoms with Crippen LogP contribution >= 0.6 is 11.8 Å². The molecule has 1 saturated heterocycles. The quantitative estimate of drug-likeness (QED) is 0.779. The normalized spacial score (nSPS) is 29.3. The van der Waals surface area contributed by atoms with E-state index in [2.05, 4.69) is 17.3 Å². The van der Waals surface area contributed by atoms with Crippen LogP contribution in [-0.4, -0.2) is 21.3 Å². The minimum Gasteiger partial charge on any atom is -0.304 e. The van der Waals surface area contributed by atoms with Crippen molar-refractivity contribution in [3.63, 3.8) is 0 Å². The molecule has 2 aliphatic heterocycles. The summed E-state index contributed by atoms with van der Waals surface area (Å²) in [5.74, 6) is 2.31. The van der Waals surface area contributed by atoms with E-state index in [1.807, 2.05) is 16.4 Å². The fourth-order valence-corrected chi connectivity index (χ4v) is 3.76. The van der Waals surface area contributed by atoms with Crippen molar-refractivity contribution in [2.24, 2.45) is 0 Å². The molecular weight excluding hydrogens is 222 g/mol. The zero-order chi connectivity index (χ0) is 11.1. The lowest BCUT2D eigenvalue weighted by molar-refractivity contribution is 0.434. The largest absolute Gasteiger partial charge is 0.304 e. The summed E-state index contributed by atoms with van der Waals surface area (Å²) in [6, 6.07) is 0.584. The van der Waals surface area contributed by atoms with Crippen LogP contribution in [0.25, 0.3) is 0 Å². The van der Waals surface area contributed by atoms with Gasteiger partial charge < -0.3 is 5.32 Å². The fourth-order valence-electron chi connectivity index (χ4n) is 2.64. The maximum atomic E-state index is 12.3. The second-order valence-corrected chi connectivity index (χ2v) is 5.80. The third-order valence-electron chi connectivity index (χ3n) is 3.55. The van der Waals surface area contributed by atoms with Gasteiger partial charge >= 0.3 is 0 Å². The zero-order valence-corrected chi connectivity index (χ0v) is 10.3. The molecule has 3 rings (SSSR count).